The van der Waals surface area contributed by atoms with E-state index in [1.54, 1.807) is 6.07 Å². The van der Waals surface area contributed by atoms with E-state index in [4.69, 9.17) is 10.6 Å². The van der Waals surface area contributed by atoms with Crippen molar-refractivity contribution in [2.45, 2.75) is 32.8 Å². The molecule has 0 aliphatic rings. The number of anilines is 2. The second kappa shape index (κ2) is 7.81. The van der Waals surface area contributed by atoms with Crippen LogP contribution in [0.1, 0.15) is 26.7 Å². The fourth-order valence-electron chi connectivity index (χ4n) is 1.30. The number of unbranched alkanes of at least 4 members (excludes halogenated alkanes) is 1. The van der Waals surface area contributed by atoms with Crippen LogP contribution in [0.25, 0.3) is 0 Å². The summed E-state index contributed by atoms with van der Waals surface area (Å²) in [7, 11) is 0. The molecular formula is C11H21N5O. The van der Waals surface area contributed by atoms with Crippen LogP contribution in [-0.2, 0) is 4.74 Å². The van der Waals surface area contributed by atoms with E-state index in [0.717, 1.165) is 31.8 Å². The second-order valence-electron chi connectivity index (χ2n) is 3.99. The fourth-order valence-corrected chi connectivity index (χ4v) is 1.30. The molecule has 0 fully saturated rings. The van der Waals surface area contributed by atoms with Gasteiger partial charge >= 0.3 is 0 Å². The minimum Gasteiger partial charge on any atom is -0.379 e. The highest BCUT2D eigenvalue weighted by Crippen LogP contribution is 2.07. The van der Waals surface area contributed by atoms with Crippen molar-refractivity contribution < 1.29 is 4.74 Å². The van der Waals surface area contributed by atoms with E-state index in [-0.39, 0.29) is 0 Å². The molecule has 1 aromatic rings. The van der Waals surface area contributed by atoms with Crippen LogP contribution in [0.3, 0.4) is 0 Å². The summed E-state index contributed by atoms with van der Waals surface area (Å²) in [4.78, 5) is 8.01. The Morgan fingerprint density at radius 3 is 2.76 bits per heavy atom. The first-order chi connectivity index (χ1) is 8.22. The van der Waals surface area contributed by atoms with E-state index in [0.29, 0.717) is 11.9 Å². The lowest BCUT2D eigenvalue weighted by Gasteiger charge is -2.08. The monoisotopic (exact) mass is 239 g/mol. The quantitative estimate of drug-likeness (QED) is 0.361. The lowest BCUT2D eigenvalue weighted by atomic mass is 10.3. The summed E-state index contributed by atoms with van der Waals surface area (Å²) in [6, 6.07) is 1.77. The molecule has 1 heterocycles. The molecule has 0 saturated heterocycles. The Balaban J connectivity index is 2.13. The first-order valence-electron chi connectivity index (χ1n) is 5.86. The second-order valence-corrected chi connectivity index (χ2v) is 3.99. The van der Waals surface area contributed by atoms with E-state index in [9.17, 15) is 0 Å². The Bertz CT molecular complexity index is 318. The van der Waals surface area contributed by atoms with Gasteiger partial charge in [0.1, 0.15) is 18.0 Å². The van der Waals surface area contributed by atoms with Crippen molar-refractivity contribution in [1.82, 2.24) is 9.97 Å². The van der Waals surface area contributed by atoms with Crippen LogP contribution in [-0.4, -0.2) is 29.2 Å². The van der Waals surface area contributed by atoms with Crippen molar-refractivity contribution in [3.63, 3.8) is 0 Å². The van der Waals surface area contributed by atoms with Gasteiger partial charge in [-0.3, -0.25) is 0 Å². The molecule has 0 saturated carbocycles. The van der Waals surface area contributed by atoms with Gasteiger partial charge in [0.05, 0.1) is 6.10 Å². The largest absolute Gasteiger partial charge is 0.379 e. The maximum atomic E-state index is 5.45. The van der Waals surface area contributed by atoms with E-state index in [2.05, 4.69) is 20.7 Å². The zero-order chi connectivity index (χ0) is 12.5. The van der Waals surface area contributed by atoms with Gasteiger partial charge in [0.2, 0.25) is 0 Å². The minimum absolute atomic E-state index is 0.308. The topological polar surface area (TPSA) is 85.1 Å². The van der Waals surface area contributed by atoms with Crippen molar-refractivity contribution >= 4 is 11.6 Å². The zero-order valence-electron chi connectivity index (χ0n) is 10.4. The maximum Gasteiger partial charge on any atom is 0.145 e. The van der Waals surface area contributed by atoms with Gasteiger partial charge in [-0.1, -0.05) is 0 Å². The molecule has 0 bridgehead atoms. The lowest BCUT2D eigenvalue weighted by Crippen LogP contribution is -2.11. The summed E-state index contributed by atoms with van der Waals surface area (Å²) in [6.45, 7) is 5.75. The Hall–Kier alpha value is -1.40. The molecule has 0 atom stereocenters. The van der Waals surface area contributed by atoms with E-state index >= 15 is 0 Å². The molecule has 17 heavy (non-hydrogen) atoms. The Labute approximate surface area is 102 Å². The van der Waals surface area contributed by atoms with Crippen LogP contribution < -0.4 is 16.6 Å². The van der Waals surface area contributed by atoms with Gasteiger partial charge < -0.3 is 15.5 Å². The smallest absolute Gasteiger partial charge is 0.145 e. The summed E-state index contributed by atoms with van der Waals surface area (Å²) < 4.78 is 5.45. The number of nitrogen functional groups attached to an aromatic ring is 1. The summed E-state index contributed by atoms with van der Waals surface area (Å²) in [5.74, 6) is 6.63. The van der Waals surface area contributed by atoms with Crippen molar-refractivity contribution in [3.8, 4) is 0 Å². The first-order valence-corrected chi connectivity index (χ1v) is 5.86. The average Bonchev–Trinajstić information content (AvgIpc) is 2.33. The maximum absolute atomic E-state index is 5.45. The number of ether oxygens (including phenoxy) is 1. The molecule has 0 radical (unpaired) electrons. The number of aromatic nitrogens is 2. The zero-order valence-corrected chi connectivity index (χ0v) is 10.4. The van der Waals surface area contributed by atoms with Gasteiger partial charge in [0.15, 0.2) is 0 Å². The van der Waals surface area contributed by atoms with Gasteiger partial charge in [-0.05, 0) is 26.7 Å². The molecule has 0 aliphatic heterocycles. The Morgan fingerprint density at radius 1 is 1.29 bits per heavy atom. The fraction of sp³-hybridized carbons (Fsp3) is 0.636. The highest BCUT2D eigenvalue weighted by molar-refractivity contribution is 5.45. The highest BCUT2D eigenvalue weighted by Gasteiger charge is 1.97. The van der Waals surface area contributed by atoms with E-state index < -0.39 is 0 Å². The van der Waals surface area contributed by atoms with Crippen LogP contribution in [0.2, 0.25) is 0 Å². The van der Waals surface area contributed by atoms with Crippen LogP contribution >= 0.6 is 0 Å². The standard InChI is InChI=1S/C11H21N5O/c1-9(2)17-6-4-3-5-13-10-7-11(16-12)15-8-14-10/h7-9H,3-6,12H2,1-2H3,(H2,13,14,15,16). The molecule has 0 aliphatic carbocycles. The summed E-state index contributed by atoms with van der Waals surface area (Å²) in [5, 5.41) is 3.21. The first kappa shape index (κ1) is 13.7. The molecule has 1 rings (SSSR count). The number of hydrogen-bond acceptors (Lipinski definition) is 6. The molecule has 0 spiro atoms. The molecular weight excluding hydrogens is 218 g/mol. The number of nitrogens with zero attached hydrogens (tertiary/aromatic N) is 2. The van der Waals surface area contributed by atoms with Crippen LogP contribution in [0, 0.1) is 0 Å². The summed E-state index contributed by atoms with van der Waals surface area (Å²) >= 11 is 0. The summed E-state index contributed by atoms with van der Waals surface area (Å²) in [5.41, 5.74) is 2.48. The number of nitrogens with one attached hydrogen (secondary N) is 2. The van der Waals surface area contributed by atoms with Crippen molar-refractivity contribution in [2.24, 2.45) is 5.84 Å². The van der Waals surface area contributed by atoms with Crippen LogP contribution in [0.4, 0.5) is 11.6 Å². The minimum atomic E-state index is 0.308. The molecule has 1 aromatic heterocycles. The SMILES string of the molecule is CC(C)OCCCCNc1cc(NN)ncn1. The van der Waals surface area contributed by atoms with Gasteiger partial charge in [-0.2, -0.15) is 0 Å². The van der Waals surface area contributed by atoms with Crippen LogP contribution in [0.15, 0.2) is 12.4 Å². The van der Waals surface area contributed by atoms with E-state index in [1.165, 1.54) is 6.33 Å². The average molecular weight is 239 g/mol. The number of rotatable bonds is 8. The Kier molecular flexibility index (Phi) is 6.27. The van der Waals surface area contributed by atoms with Crippen molar-refractivity contribution in [1.29, 1.82) is 0 Å². The van der Waals surface area contributed by atoms with E-state index in [1.807, 2.05) is 13.8 Å². The predicted molar refractivity (Wildman–Crippen MR) is 68.7 cm³/mol. The third kappa shape index (κ3) is 6.03. The van der Waals surface area contributed by atoms with Gasteiger partial charge in [-0.15, -0.1) is 0 Å². The lowest BCUT2D eigenvalue weighted by molar-refractivity contribution is 0.0765. The normalized spacial score (nSPS) is 10.6. The molecule has 0 unspecified atom stereocenters. The van der Waals surface area contributed by atoms with Gasteiger partial charge in [0.25, 0.3) is 0 Å². The van der Waals surface area contributed by atoms with Crippen molar-refractivity contribution in [2.75, 3.05) is 23.9 Å². The Morgan fingerprint density at radius 2 is 2.06 bits per heavy atom. The number of nitrogens with two attached hydrogens (primary N) is 1. The third-order valence-electron chi connectivity index (χ3n) is 2.14. The number of hydrazine groups is 1. The highest BCUT2D eigenvalue weighted by atomic mass is 16.5. The predicted octanol–water partition coefficient (Wildman–Crippen LogP) is 1.38. The molecule has 0 amide bonds. The molecule has 4 N–H and O–H groups in total. The van der Waals surface area contributed by atoms with Crippen LogP contribution in [0.5, 0.6) is 0 Å². The van der Waals surface area contributed by atoms with Gasteiger partial charge in [0, 0.05) is 19.2 Å². The summed E-state index contributed by atoms with van der Waals surface area (Å²) in [6.07, 6.45) is 3.86. The molecule has 6 nitrogen and oxygen atoms in total. The third-order valence-corrected chi connectivity index (χ3v) is 2.14. The van der Waals surface area contributed by atoms with Gasteiger partial charge in [-0.25, -0.2) is 15.8 Å². The van der Waals surface area contributed by atoms with Crippen molar-refractivity contribution in [3.05, 3.63) is 12.4 Å². The molecule has 96 valence electrons. The molecule has 6 heteroatoms. The number of hydrogen-bond donors (Lipinski definition) is 3. The molecule has 0 aromatic carbocycles.